The number of pyridine rings is 1. The van der Waals surface area contributed by atoms with Gasteiger partial charge in [-0.2, -0.15) is 0 Å². The lowest BCUT2D eigenvalue weighted by Crippen LogP contribution is -2.21. The number of nitrogens with zero attached hydrogens (tertiary/aromatic N) is 2. The van der Waals surface area contributed by atoms with Crippen molar-refractivity contribution in [1.29, 1.82) is 0 Å². The number of methoxy groups -OCH3 is 1. The highest BCUT2D eigenvalue weighted by molar-refractivity contribution is 5.11. The third-order valence-corrected chi connectivity index (χ3v) is 2.54. The molecular weight excluding hydrogens is 214 g/mol. The summed E-state index contributed by atoms with van der Waals surface area (Å²) in [6.07, 6.45) is 1.06. The zero-order valence-corrected chi connectivity index (χ0v) is 11.1. The summed E-state index contributed by atoms with van der Waals surface area (Å²) in [5.41, 5.74) is 2.22. The van der Waals surface area contributed by atoms with E-state index in [1.54, 1.807) is 7.11 Å². The minimum Gasteiger partial charge on any atom is -0.385 e. The summed E-state index contributed by atoms with van der Waals surface area (Å²) in [7, 11) is 5.79. The molecule has 0 saturated heterocycles. The van der Waals surface area contributed by atoms with Crippen LogP contribution in [0.2, 0.25) is 0 Å². The first kappa shape index (κ1) is 14.1. The molecule has 0 aliphatic heterocycles. The second-order valence-corrected chi connectivity index (χ2v) is 4.23. The predicted octanol–water partition coefficient (Wildman–Crippen LogP) is 1.27. The topological polar surface area (TPSA) is 37.4 Å². The summed E-state index contributed by atoms with van der Waals surface area (Å²) in [4.78, 5) is 6.86. The van der Waals surface area contributed by atoms with Crippen molar-refractivity contribution in [3.05, 3.63) is 29.6 Å². The monoisotopic (exact) mass is 237 g/mol. The molecule has 0 aliphatic carbocycles. The second kappa shape index (κ2) is 8.17. The van der Waals surface area contributed by atoms with E-state index in [9.17, 15) is 0 Å². The molecule has 17 heavy (non-hydrogen) atoms. The van der Waals surface area contributed by atoms with E-state index < -0.39 is 0 Å². The van der Waals surface area contributed by atoms with Gasteiger partial charge in [0, 0.05) is 33.4 Å². The molecule has 1 heterocycles. The Bertz CT molecular complexity index is 317. The number of hydrogen-bond donors (Lipinski definition) is 1. The number of aromatic nitrogens is 1. The molecular formula is C13H23N3O. The molecule has 0 aromatic carbocycles. The van der Waals surface area contributed by atoms with E-state index in [-0.39, 0.29) is 0 Å². The van der Waals surface area contributed by atoms with Crippen LogP contribution in [0.15, 0.2) is 18.2 Å². The molecule has 1 aromatic rings. The largest absolute Gasteiger partial charge is 0.385 e. The first-order valence-electron chi connectivity index (χ1n) is 6.03. The Morgan fingerprint density at radius 3 is 2.82 bits per heavy atom. The van der Waals surface area contributed by atoms with Gasteiger partial charge in [-0.15, -0.1) is 0 Å². The minimum atomic E-state index is 0.817. The normalized spacial score (nSPS) is 11.1. The fraction of sp³-hybridized carbons (Fsp3) is 0.615. The molecule has 0 amide bonds. The Balaban J connectivity index is 2.41. The highest BCUT2D eigenvalue weighted by Crippen LogP contribution is 2.03. The lowest BCUT2D eigenvalue weighted by molar-refractivity contribution is 0.177. The summed E-state index contributed by atoms with van der Waals surface area (Å²) in [6, 6.07) is 6.19. The summed E-state index contributed by atoms with van der Waals surface area (Å²) < 4.78 is 5.04. The van der Waals surface area contributed by atoms with Crippen LogP contribution >= 0.6 is 0 Å². The molecule has 0 bridgehead atoms. The van der Waals surface area contributed by atoms with Crippen molar-refractivity contribution >= 4 is 0 Å². The molecule has 0 radical (unpaired) electrons. The third-order valence-electron chi connectivity index (χ3n) is 2.54. The van der Waals surface area contributed by atoms with Gasteiger partial charge in [0.25, 0.3) is 0 Å². The van der Waals surface area contributed by atoms with Crippen molar-refractivity contribution in [2.75, 3.05) is 34.4 Å². The van der Waals surface area contributed by atoms with Crippen molar-refractivity contribution in [1.82, 2.24) is 15.2 Å². The average Bonchev–Trinajstić information content (AvgIpc) is 2.30. The van der Waals surface area contributed by atoms with Gasteiger partial charge in [0.1, 0.15) is 0 Å². The maximum absolute atomic E-state index is 5.04. The zero-order chi connectivity index (χ0) is 12.5. The van der Waals surface area contributed by atoms with Crippen LogP contribution in [0.5, 0.6) is 0 Å². The van der Waals surface area contributed by atoms with Gasteiger partial charge in [0.2, 0.25) is 0 Å². The van der Waals surface area contributed by atoms with Crippen LogP contribution in [0.1, 0.15) is 17.8 Å². The predicted molar refractivity (Wildman–Crippen MR) is 69.8 cm³/mol. The van der Waals surface area contributed by atoms with E-state index in [2.05, 4.69) is 34.4 Å². The molecule has 0 spiro atoms. The summed E-state index contributed by atoms with van der Waals surface area (Å²) in [5, 5.41) is 3.11. The Hall–Kier alpha value is -0.970. The van der Waals surface area contributed by atoms with Crippen LogP contribution in [0.25, 0.3) is 0 Å². The van der Waals surface area contributed by atoms with Crippen LogP contribution in [-0.4, -0.2) is 44.2 Å². The molecule has 96 valence electrons. The van der Waals surface area contributed by atoms with Gasteiger partial charge < -0.3 is 15.0 Å². The van der Waals surface area contributed by atoms with E-state index in [1.165, 1.54) is 0 Å². The number of rotatable bonds is 8. The Kier molecular flexibility index (Phi) is 6.77. The molecule has 0 fully saturated rings. The summed E-state index contributed by atoms with van der Waals surface area (Å²) in [6.45, 7) is 3.56. The van der Waals surface area contributed by atoms with Gasteiger partial charge >= 0.3 is 0 Å². The smallest absolute Gasteiger partial charge is 0.0547 e. The maximum Gasteiger partial charge on any atom is 0.0547 e. The number of ether oxygens (including phenoxy) is 1. The van der Waals surface area contributed by atoms with Crippen molar-refractivity contribution in [3.63, 3.8) is 0 Å². The van der Waals surface area contributed by atoms with Crippen LogP contribution < -0.4 is 5.32 Å². The minimum absolute atomic E-state index is 0.817. The van der Waals surface area contributed by atoms with E-state index in [0.29, 0.717) is 0 Å². The van der Waals surface area contributed by atoms with Crippen LogP contribution in [-0.2, 0) is 17.8 Å². The van der Waals surface area contributed by atoms with E-state index in [1.807, 2.05) is 13.1 Å². The first-order valence-corrected chi connectivity index (χ1v) is 6.03. The molecule has 0 saturated carbocycles. The van der Waals surface area contributed by atoms with Gasteiger partial charge in [0.15, 0.2) is 0 Å². The van der Waals surface area contributed by atoms with Gasteiger partial charge in [-0.1, -0.05) is 6.07 Å². The lowest BCUT2D eigenvalue weighted by atomic mass is 10.3. The highest BCUT2D eigenvalue weighted by Gasteiger charge is 2.02. The molecule has 1 aromatic heterocycles. The zero-order valence-electron chi connectivity index (χ0n) is 11.1. The van der Waals surface area contributed by atoms with Crippen LogP contribution in [0.3, 0.4) is 0 Å². The standard InChI is InChI=1S/C13H23N3O/c1-14-10-12-6-4-7-13(15-12)11-16(2)8-5-9-17-3/h4,6-7,14H,5,8-11H2,1-3H3. The molecule has 1 N–H and O–H groups in total. The van der Waals surface area contributed by atoms with Crippen molar-refractivity contribution in [3.8, 4) is 0 Å². The fourth-order valence-corrected chi connectivity index (χ4v) is 1.73. The van der Waals surface area contributed by atoms with Crippen molar-refractivity contribution in [2.45, 2.75) is 19.5 Å². The molecule has 0 atom stereocenters. The van der Waals surface area contributed by atoms with Gasteiger partial charge in [-0.25, -0.2) is 0 Å². The summed E-state index contributed by atoms with van der Waals surface area (Å²) in [5.74, 6) is 0. The van der Waals surface area contributed by atoms with Crippen LogP contribution in [0.4, 0.5) is 0 Å². The fourth-order valence-electron chi connectivity index (χ4n) is 1.73. The van der Waals surface area contributed by atoms with Crippen molar-refractivity contribution in [2.24, 2.45) is 0 Å². The maximum atomic E-state index is 5.04. The Morgan fingerprint density at radius 2 is 2.12 bits per heavy atom. The number of hydrogen-bond acceptors (Lipinski definition) is 4. The SMILES string of the molecule is CNCc1cccc(CN(C)CCCOC)n1. The summed E-state index contributed by atoms with van der Waals surface area (Å²) >= 11 is 0. The van der Waals surface area contributed by atoms with Crippen LogP contribution in [0, 0.1) is 0 Å². The van der Waals surface area contributed by atoms with Crippen molar-refractivity contribution < 1.29 is 4.74 Å². The Labute approximate surface area is 104 Å². The van der Waals surface area contributed by atoms with Gasteiger partial charge in [-0.05, 0) is 32.6 Å². The average molecular weight is 237 g/mol. The lowest BCUT2D eigenvalue weighted by Gasteiger charge is -2.16. The van der Waals surface area contributed by atoms with E-state index >= 15 is 0 Å². The molecule has 4 heteroatoms. The quantitative estimate of drug-likeness (QED) is 0.691. The second-order valence-electron chi connectivity index (χ2n) is 4.23. The van der Waals surface area contributed by atoms with E-state index in [0.717, 1.165) is 44.0 Å². The highest BCUT2D eigenvalue weighted by atomic mass is 16.5. The Morgan fingerprint density at radius 1 is 1.35 bits per heavy atom. The molecule has 0 unspecified atom stereocenters. The van der Waals surface area contributed by atoms with E-state index in [4.69, 9.17) is 4.74 Å². The molecule has 1 rings (SSSR count). The first-order chi connectivity index (χ1) is 8.26. The third kappa shape index (κ3) is 5.77. The van der Waals surface area contributed by atoms with Gasteiger partial charge in [-0.3, -0.25) is 4.98 Å². The van der Waals surface area contributed by atoms with Gasteiger partial charge in [0.05, 0.1) is 11.4 Å². The number of nitrogens with one attached hydrogen (secondary N) is 1. The molecule has 0 aliphatic rings. The molecule has 4 nitrogen and oxygen atoms in total.